The van der Waals surface area contributed by atoms with E-state index in [1.54, 1.807) is 0 Å². The lowest BCUT2D eigenvalue weighted by atomic mass is 10.1. The van der Waals surface area contributed by atoms with E-state index in [0.29, 0.717) is 0 Å². The Balaban J connectivity index is 0.000000894. The molecule has 3 aromatic rings. The van der Waals surface area contributed by atoms with Gasteiger partial charge in [0.05, 0.1) is 12.6 Å². The van der Waals surface area contributed by atoms with Gasteiger partial charge in [0.1, 0.15) is 12.2 Å². The molecule has 6 N–H and O–H groups in total. The predicted molar refractivity (Wildman–Crippen MR) is 145 cm³/mol. The van der Waals surface area contributed by atoms with Gasteiger partial charge in [-0.3, -0.25) is 13.9 Å². The van der Waals surface area contributed by atoms with Gasteiger partial charge in [0, 0.05) is 28.6 Å². The number of ether oxygens (including phenoxy) is 1. The van der Waals surface area contributed by atoms with Crippen LogP contribution in [0.3, 0.4) is 0 Å². The van der Waals surface area contributed by atoms with E-state index in [1.165, 1.54) is 42.5 Å². The number of thiophene rings is 1. The van der Waals surface area contributed by atoms with Crippen molar-refractivity contribution in [3.63, 3.8) is 0 Å². The summed E-state index contributed by atoms with van der Waals surface area (Å²) < 4.78 is 16.2. The zero-order valence-corrected chi connectivity index (χ0v) is 23.4. The van der Waals surface area contributed by atoms with Gasteiger partial charge in [-0.05, 0) is 43.1 Å². The van der Waals surface area contributed by atoms with Gasteiger partial charge in [0.25, 0.3) is 5.56 Å². The molecule has 3 heterocycles. The SMILES string of the molecule is O=PO.O=c1ccn(C2OC(CCO)C(O)C2O)c(=O)n1Cc1ccc(-c2ccccc2)s1.OP.OP. The number of aromatic nitrogens is 2. The molecule has 0 radical (unpaired) electrons. The molecule has 12 nitrogen and oxygen atoms in total. The molecule has 1 saturated heterocycles. The minimum atomic E-state index is -1.35. The minimum absolute atomic E-state index is 0.0848. The van der Waals surface area contributed by atoms with E-state index >= 15 is 0 Å². The number of aliphatic hydroxyl groups excluding tert-OH is 3. The van der Waals surface area contributed by atoms with E-state index in [-0.39, 0.29) is 19.6 Å². The number of hydrogen-bond donors (Lipinski definition) is 6. The van der Waals surface area contributed by atoms with Crippen LogP contribution in [0.5, 0.6) is 0 Å². The van der Waals surface area contributed by atoms with Gasteiger partial charge in [0.15, 0.2) is 6.23 Å². The third kappa shape index (κ3) is 8.92. The second-order valence-electron chi connectivity index (χ2n) is 7.20. The molecule has 1 aliphatic rings. The van der Waals surface area contributed by atoms with Crippen molar-refractivity contribution in [3.8, 4) is 10.4 Å². The quantitative estimate of drug-likeness (QED) is 0.219. The molecule has 1 aromatic carbocycles. The van der Waals surface area contributed by atoms with Gasteiger partial charge in [-0.2, -0.15) is 0 Å². The second kappa shape index (κ2) is 17.7. The summed E-state index contributed by atoms with van der Waals surface area (Å²) in [4.78, 5) is 48.0. The summed E-state index contributed by atoms with van der Waals surface area (Å²) >= 11 is 1.49. The molecule has 4 rings (SSSR count). The number of benzene rings is 1. The van der Waals surface area contributed by atoms with E-state index in [9.17, 15) is 19.8 Å². The molecule has 0 aliphatic carbocycles. The minimum Gasteiger partial charge on any atom is -0.396 e. The number of aliphatic hydroxyl groups is 3. The molecule has 204 valence electrons. The van der Waals surface area contributed by atoms with Crippen LogP contribution in [-0.4, -0.2) is 64.1 Å². The van der Waals surface area contributed by atoms with Crippen molar-refractivity contribution < 1.29 is 39.3 Å². The van der Waals surface area contributed by atoms with E-state index in [4.69, 9.17) is 29.1 Å². The first-order valence-electron chi connectivity index (χ1n) is 10.5. The highest BCUT2D eigenvalue weighted by molar-refractivity contribution is 7.16. The first kappa shape index (κ1) is 33.3. The van der Waals surface area contributed by atoms with E-state index in [0.717, 1.165) is 24.5 Å². The standard InChI is InChI=1S/C21H22N2O6S.HO2P.2H3OP/c24-11-9-15-18(26)19(27)20(29-15)22-10-8-17(25)23(21(22)28)12-14-6-7-16(30-14)13-4-2-1-3-5-13;1-3-2;2*1-2/h1-8,10,15,18-20,24,26-27H,9,11-12H2;(H,1,2);2*1H,2H2. The van der Waals surface area contributed by atoms with Crippen LogP contribution in [0.1, 0.15) is 17.5 Å². The Kier molecular flexibility index (Phi) is 16.0. The topological polar surface area (TPSA) is 192 Å². The number of nitrogens with zero attached hydrogens (tertiary/aromatic N) is 2. The summed E-state index contributed by atoms with van der Waals surface area (Å²) in [6.07, 6.45) is -3.14. The molecule has 6 atom stereocenters. The average Bonchev–Trinajstić information content (AvgIpc) is 3.51. The molecule has 0 spiro atoms. The van der Waals surface area contributed by atoms with Gasteiger partial charge >= 0.3 is 14.4 Å². The Hall–Kier alpha value is -1.72. The molecular weight excluding hydrogens is 565 g/mol. The maximum atomic E-state index is 13.0. The van der Waals surface area contributed by atoms with Crippen LogP contribution in [-0.2, 0) is 15.8 Å². The third-order valence-electron chi connectivity index (χ3n) is 5.15. The van der Waals surface area contributed by atoms with E-state index in [1.807, 2.05) is 42.5 Å². The Labute approximate surface area is 222 Å². The smallest absolute Gasteiger partial charge is 0.333 e. The number of rotatable bonds is 6. The predicted octanol–water partition coefficient (Wildman–Crippen LogP) is 0.511. The molecule has 6 unspecified atom stereocenters. The van der Waals surface area contributed by atoms with Crippen molar-refractivity contribution in [2.75, 3.05) is 6.61 Å². The van der Waals surface area contributed by atoms with Crippen molar-refractivity contribution in [2.24, 2.45) is 0 Å². The molecule has 0 amide bonds. The molecule has 1 fully saturated rings. The largest absolute Gasteiger partial charge is 0.396 e. The summed E-state index contributed by atoms with van der Waals surface area (Å²) in [6, 6.07) is 14.9. The Morgan fingerprint density at radius 3 is 2.19 bits per heavy atom. The normalized spacial score (nSPS) is 20.1. The summed E-state index contributed by atoms with van der Waals surface area (Å²) in [6.45, 7) is -0.140. The average molecular weight is 594 g/mol. The van der Waals surface area contributed by atoms with Crippen LogP contribution in [0.4, 0.5) is 0 Å². The van der Waals surface area contributed by atoms with Crippen molar-refractivity contribution in [1.29, 1.82) is 0 Å². The zero-order chi connectivity index (χ0) is 28.0. The van der Waals surface area contributed by atoms with Crippen LogP contribution in [0.15, 0.2) is 64.3 Å². The van der Waals surface area contributed by atoms with Crippen LogP contribution < -0.4 is 11.2 Å². The maximum absolute atomic E-state index is 13.0. The molecule has 0 saturated carbocycles. The first-order chi connectivity index (χ1) is 17.9. The number of hydrogen-bond acceptors (Lipinski definition) is 10. The fraction of sp³-hybridized carbons (Fsp3) is 0.333. The van der Waals surface area contributed by atoms with E-state index < -0.39 is 44.5 Å². The molecule has 2 aromatic heterocycles. The Bertz CT molecular complexity index is 1190. The molecule has 16 heteroatoms. The Morgan fingerprint density at radius 1 is 0.973 bits per heavy atom. The zero-order valence-electron chi connectivity index (χ0n) is 19.3. The maximum Gasteiger partial charge on any atom is 0.333 e. The molecular formula is C21H29N2O10P3S. The Morgan fingerprint density at radius 2 is 1.59 bits per heavy atom. The highest BCUT2D eigenvalue weighted by Gasteiger charge is 2.43. The summed E-state index contributed by atoms with van der Waals surface area (Å²) in [5.74, 6) is 0. The van der Waals surface area contributed by atoms with Crippen LogP contribution in [0, 0.1) is 0 Å². The monoisotopic (exact) mass is 594 g/mol. The molecule has 37 heavy (non-hydrogen) atoms. The van der Waals surface area contributed by atoms with Crippen LogP contribution >= 0.6 is 39.0 Å². The molecule has 0 bridgehead atoms. The lowest BCUT2D eigenvalue weighted by Crippen LogP contribution is -2.43. The fourth-order valence-corrected chi connectivity index (χ4v) is 4.57. The van der Waals surface area contributed by atoms with Gasteiger partial charge < -0.3 is 34.7 Å². The van der Waals surface area contributed by atoms with Crippen LogP contribution in [0.2, 0.25) is 0 Å². The van der Waals surface area contributed by atoms with Crippen LogP contribution in [0.25, 0.3) is 10.4 Å². The van der Waals surface area contributed by atoms with E-state index in [2.05, 4.69) is 0 Å². The second-order valence-corrected chi connectivity index (χ2v) is 8.53. The van der Waals surface area contributed by atoms with Crippen molar-refractivity contribution >= 4 is 39.0 Å². The highest BCUT2D eigenvalue weighted by atomic mass is 32.1. The van der Waals surface area contributed by atoms with Gasteiger partial charge in [0.2, 0.25) is 0 Å². The fourth-order valence-electron chi connectivity index (χ4n) is 3.57. The summed E-state index contributed by atoms with van der Waals surface area (Å²) in [5, 5.41) is 29.5. The third-order valence-corrected chi connectivity index (χ3v) is 6.27. The summed E-state index contributed by atoms with van der Waals surface area (Å²) in [7, 11) is 2.00. The first-order valence-corrected chi connectivity index (χ1v) is 13.1. The van der Waals surface area contributed by atoms with Gasteiger partial charge in [-0.15, -0.1) is 11.3 Å². The highest BCUT2D eigenvalue weighted by Crippen LogP contribution is 2.30. The van der Waals surface area contributed by atoms with Crippen molar-refractivity contribution in [1.82, 2.24) is 9.13 Å². The van der Waals surface area contributed by atoms with Crippen molar-refractivity contribution in [3.05, 3.63) is 80.4 Å². The van der Waals surface area contributed by atoms with Gasteiger partial charge in [-0.25, -0.2) is 9.36 Å². The summed E-state index contributed by atoms with van der Waals surface area (Å²) in [5.41, 5.74) is -0.0538. The van der Waals surface area contributed by atoms with Crippen molar-refractivity contribution in [2.45, 2.75) is 37.5 Å². The molecule has 1 aliphatic heterocycles. The lowest BCUT2D eigenvalue weighted by molar-refractivity contribution is -0.0458. The van der Waals surface area contributed by atoms with Gasteiger partial charge in [-0.1, -0.05) is 30.3 Å². The lowest BCUT2D eigenvalue weighted by Gasteiger charge is -2.18.